The van der Waals surface area contributed by atoms with E-state index < -0.39 is 0 Å². The standard InChI is InChI=1S/C20H25NO2/c1-5-6-7-8-10-17(18-11-9-14-21(18)2)16-12-13-19(22-3)20(15-16)23-4/h9,11-15,17H,5-7H2,1-4H3. The number of hydrogen-bond acceptors (Lipinski definition) is 2. The lowest BCUT2D eigenvalue weighted by Crippen LogP contribution is -2.05. The molecule has 2 aromatic rings. The van der Waals surface area contributed by atoms with Crippen LogP contribution in [0.25, 0.3) is 0 Å². The van der Waals surface area contributed by atoms with E-state index >= 15 is 0 Å². The molecule has 1 atom stereocenters. The van der Waals surface area contributed by atoms with Crippen LogP contribution in [0.15, 0.2) is 36.5 Å². The molecule has 0 saturated heterocycles. The summed E-state index contributed by atoms with van der Waals surface area (Å²) in [6.45, 7) is 2.19. The van der Waals surface area contributed by atoms with Crippen molar-refractivity contribution < 1.29 is 9.47 Å². The molecule has 0 radical (unpaired) electrons. The van der Waals surface area contributed by atoms with Gasteiger partial charge in [-0.15, -0.1) is 5.92 Å². The van der Waals surface area contributed by atoms with E-state index in [9.17, 15) is 0 Å². The molecular weight excluding hydrogens is 286 g/mol. The van der Waals surface area contributed by atoms with E-state index in [1.807, 2.05) is 12.1 Å². The van der Waals surface area contributed by atoms with Gasteiger partial charge in [0.15, 0.2) is 11.5 Å². The van der Waals surface area contributed by atoms with E-state index in [-0.39, 0.29) is 5.92 Å². The first-order valence-corrected chi connectivity index (χ1v) is 8.02. The fourth-order valence-electron chi connectivity index (χ4n) is 2.57. The molecule has 0 fully saturated rings. The molecule has 0 bridgehead atoms. The fraction of sp³-hybridized carbons (Fsp3) is 0.400. The van der Waals surface area contributed by atoms with Crippen LogP contribution in [0.2, 0.25) is 0 Å². The molecule has 0 aliphatic carbocycles. The lowest BCUT2D eigenvalue weighted by atomic mass is 9.95. The summed E-state index contributed by atoms with van der Waals surface area (Å²) in [6.07, 6.45) is 5.29. The van der Waals surface area contributed by atoms with E-state index in [4.69, 9.17) is 9.47 Å². The van der Waals surface area contributed by atoms with Gasteiger partial charge in [-0.1, -0.05) is 25.3 Å². The number of hydrogen-bond donors (Lipinski definition) is 0. The molecule has 1 aromatic heterocycles. The minimum absolute atomic E-state index is 0.0339. The van der Waals surface area contributed by atoms with Crippen molar-refractivity contribution in [3.05, 3.63) is 47.8 Å². The van der Waals surface area contributed by atoms with Gasteiger partial charge in [0, 0.05) is 25.4 Å². The van der Waals surface area contributed by atoms with Gasteiger partial charge in [0.2, 0.25) is 0 Å². The van der Waals surface area contributed by atoms with Gasteiger partial charge in [-0.3, -0.25) is 0 Å². The summed E-state index contributed by atoms with van der Waals surface area (Å²) < 4.78 is 12.9. The third-order valence-electron chi connectivity index (χ3n) is 3.92. The second kappa shape index (κ2) is 8.33. The molecule has 1 aromatic carbocycles. The van der Waals surface area contributed by atoms with E-state index in [1.165, 1.54) is 12.1 Å². The molecular formula is C20H25NO2. The number of ether oxygens (including phenoxy) is 2. The molecule has 1 heterocycles. The van der Waals surface area contributed by atoms with Crippen molar-refractivity contribution in [3.63, 3.8) is 0 Å². The van der Waals surface area contributed by atoms with E-state index in [2.05, 4.69) is 54.8 Å². The summed E-state index contributed by atoms with van der Waals surface area (Å²) in [4.78, 5) is 0. The summed E-state index contributed by atoms with van der Waals surface area (Å²) in [5.74, 6) is 8.27. The molecule has 0 aliphatic heterocycles. The first-order chi connectivity index (χ1) is 11.2. The van der Waals surface area contributed by atoms with Crippen molar-refractivity contribution >= 4 is 0 Å². The highest BCUT2D eigenvalue weighted by Crippen LogP contribution is 2.33. The predicted molar refractivity (Wildman–Crippen MR) is 94.1 cm³/mol. The maximum absolute atomic E-state index is 5.44. The molecule has 3 heteroatoms. The van der Waals surface area contributed by atoms with Crippen molar-refractivity contribution in [2.75, 3.05) is 14.2 Å². The summed E-state index contributed by atoms with van der Waals surface area (Å²) in [5, 5.41) is 0. The second-order valence-corrected chi connectivity index (χ2v) is 5.52. The van der Waals surface area contributed by atoms with Crippen LogP contribution in [0.3, 0.4) is 0 Å². The molecule has 23 heavy (non-hydrogen) atoms. The number of methoxy groups -OCH3 is 2. The largest absolute Gasteiger partial charge is 0.493 e. The van der Waals surface area contributed by atoms with Crippen LogP contribution in [0.5, 0.6) is 11.5 Å². The van der Waals surface area contributed by atoms with Gasteiger partial charge in [0.25, 0.3) is 0 Å². The number of aromatic nitrogens is 1. The van der Waals surface area contributed by atoms with Crippen molar-refractivity contribution in [3.8, 4) is 23.3 Å². The van der Waals surface area contributed by atoms with E-state index in [1.54, 1.807) is 14.2 Å². The Balaban J connectivity index is 2.40. The zero-order valence-electron chi connectivity index (χ0n) is 14.4. The van der Waals surface area contributed by atoms with Crippen LogP contribution in [-0.4, -0.2) is 18.8 Å². The van der Waals surface area contributed by atoms with Crippen LogP contribution in [-0.2, 0) is 7.05 Å². The van der Waals surface area contributed by atoms with Gasteiger partial charge in [-0.05, 0) is 36.2 Å². The van der Waals surface area contributed by atoms with Gasteiger partial charge >= 0.3 is 0 Å². The van der Waals surface area contributed by atoms with E-state index in [0.717, 1.165) is 29.9 Å². The van der Waals surface area contributed by atoms with Crippen molar-refractivity contribution in [2.24, 2.45) is 7.05 Å². The monoisotopic (exact) mass is 311 g/mol. The maximum atomic E-state index is 5.44. The molecule has 1 unspecified atom stereocenters. The van der Waals surface area contributed by atoms with Crippen LogP contribution in [0.1, 0.15) is 43.4 Å². The number of benzene rings is 1. The topological polar surface area (TPSA) is 23.4 Å². The quantitative estimate of drug-likeness (QED) is 0.584. The van der Waals surface area contributed by atoms with Gasteiger partial charge in [-0.2, -0.15) is 0 Å². The Morgan fingerprint density at radius 3 is 2.52 bits per heavy atom. The third-order valence-corrected chi connectivity index (χ3v) is 3.92. The van der Waals surface area contributed by atoms with Gasteiger partial charge < -0.3 is 14.0 Å². The summed E-state index contributed by atoms with van der Waals surface area (Å²) >= 11 is 0. The van der Waals surface area contributed by atoms with Crippen LogP contribution < -0.4 is 9.47 Å². The Hall–Kier alpha value is -2.34. The Labute approximate surface area is 139 Å². The lowest BCUT2D eigenvalue weighted by molar-refractivity contribution is 0.354. The van der Waals surface area contributed by atoms with Crippen molar-refractivity contribution in [1.82, 2.24) is 4.57 Å². The Kier molecular flexibility index (Phi) is 6.17. The highest BCUT2D eigenvalue weighted by Gasteiger charge is 2.16. The number of rotatable bonds is 6. The van der Waals surface area contributed by atoms with Crippen LogP contribution in [0, 0.1) is 11.8 Å². The molecule has 0 saturated carbocycles. The molecule has 0 N–H and O–H groups in total. The van der Waals surface area contributed by atoms with Crippen molar-refractivity contribution in [2.45, 2.75) is 32.1 Å². The normalized spacial score (nSPS) is 11.5. The summed E-state index contributed by atoms with van der Waals surface area (Å²) in [7, 11) is 5.36. The second-order valence-electron chi connectivity index (χ2n) is 5.52. The first-order valence-electron chi connectivity index (χ1n) is 8.02. The fourth-order valence-corrected chi connectivity index (χ4v) is 2.57. The molecule has 122 valence electrons. The number of nitrogens with zero attached hydrogens (tertiary/aromatic N) is 1. The number of aryl methyl sites for hydroxylation is 1. The molecule has 2 rings (SSSR count). The van der Waals surface area contributed by atoms with Crippen molar-refractivity contribution in [1.29, 1.82) is 0 Å². The van der Waals surface area contributed by atoms with Gasteiger partial charge in [0.1, 0.15) is 0 Å². The van der Waals surface area contributed by atoms with Gasteiger partial charge in [0.05, 0.1) is 20.1 Å². The molecule has 0 aliphatic rings. The summed E-state index contributed by atoms with van der Waals surface area (Å²) in [5.41, 5.74) is 2.30. The Morgan fingerprint density at radius 2 is 1.91 bits per heavy atom. The predicted octanol–water partition coefficient (Wildman–Crippen LogP) is 4.37. The number of unbranched alkanes of at least 4 members (excludes halogenated alkanes) is 2. The zero-order valence-corrected chi connectivity index (χ0v) is 14.4. The lowest BCUT2D eigenvalue weighted by Gasteiger charge is -2.15. The molecule has 3 nitrogen and oxygen atoms in total. The molecule has 0 amide bonds. The SMILES string of the molecule is CCCCC#CC(c1ccc(OC)c(OC)c1)c1cccn1C. The zero-order chi connectivity index (χ0) is 16.7. The summed E-state index contributed by atoms with van der Waals surface area (Å²) in [6, 6.07) is 10.2. The maximum Gasteiger partial charge on any atom is 0.161 e. The van der Waals surface area contributed by atoms with E-state index in [0.29, 0.717) is 0 Å². The van der Waals surface area contributed by atoms with Gasteiger partial charge in [-0.25, -0.2) is 0 Å². The first kappa shape index (κ1) is 17.0. The van der Waals surface area contributed by atoms with Crippen LogP contribution in [0.4, 0.5) is 0 Å². The Bertz CT molecular complexity index is 691. The Morgan fingerprint density at radius 1 is 1.13 bits per heavy atom. The molecule has 0 spiro atoms. The average molecular weight is 311 g/mol. The highest BCUT2D eigenvalue weighted by molar-refractivity contribution is 5.48. The average Bonchev–Trinajstić information content (AvgIpc) is 3.00. The minimum Gasteiger partial charge on any atom is -0.493 e. The minimum atomic E-state index is 0.0339. The van der Waals surface area contributed by atoms with Crippen LogP contribution >= 0.6 is 0 Å². The smallest absolute Gasteiger partial charge is 0.161 e. The highest BCUT2D eigenvalue weighted by atomic mass is 16.5. The third kappa shape index (κ3) is 4.10.